The standard InChI is InChI=1S/C26H25N7O3/c1-32-21-10-7-18(26(36)33(13-11-24(34)35)22-4-2-3-12-29-22)14-20(15-21)31-23(32)16-30-19-8-5-17(6-9-19)25(27)28/h2-10,12,14,30H,11,13,16H2,1H3,(H3,27,28)(H,34,35). The minimum Gasteiger partial charge on any atom is -0.481 e. The second-order valence-electron chi connectivity index (χ2n) is 8.05. The fourth-order valence-electron chi connectivity index (χ4n) is 3.62. The minimum atomic E-state index is -1.00. The summed E-state index contributed by atoms with van der Waals surface area (Å²) in [5, 5.41) is 20.0. The van der Waals surface area contributed by atoms with Crippen molar-refractivity contribution in [2.45, 2.75) is 6.42 Å². The van der Waals surface area contributed by atoms with Crippen LogP contribution >= 0.6 is 0 Å². The third kappa shape index (κ3) is 5.57. The van der Waals surface area contributed by atoms with E-state index in [2.05, 4.69) is 21.0 Å². The number of hydrogen-bond acceptors (Lipinski definition) is 7. The Bertz CT molecular complexity index is 1350. The first kappa shape index (κ1) is 24.2. The summed E-state index contributed by atoms with van der Waals surface area (Å²) in [6, 6.07) is 12.3. The molecule has 0 saturated heterocycles. The molecular formula is C26H25N7O3. The van der Waals surface area contributed by atoms with Crippen LogP contribution in [-0.2, 0) is 9.59 Å². The summed E-state index contributed by atoms with van der Waals surface area (Å²) in [5.41, 5.74) is 11.8. The van der Waals surface area contributed by atoms with Gasteiger partial charge in [-0.1, -0.05) is 11.8 Å². The number of amides is 1. The summed E-state index contributed by atoms with van der Waals surface area (Å²) in [6.45, 7) is 0.394. The Morgan fingerprint density at radius 3 is 2.64 bits per heavy atom. The van der Waals surface area contributed by atoms with Crippen molar-refractivity contribution in [3.8, 4) is 0 Å². The number of aliphatic imine (C=N–C) groups is 1. The molecule has 0 saturated carbocycles. The number of nitrogen functional groups attached to an aromatic ring is 1. The molecule has 2 aromatic rings. The second kappa shape index (κ2) is 10.5. The molecule has 0 spiro atoms. The number of aromatic nitrogens is 1. The number of anilines is 2. The molecule has 1 aromatic heterocycles. The average Bonchev–Trinajstić information content (AvgIpc) is 3.06. The van der Waals surface area contributed by atoms with E-state index in [1.54, 1.807) is 54.8 Å². The number of nitrogens with one attached hydrogen (secondary N) is 2. The van der Waals surface area contributed by atoms with E-state index in [0.29, 0.717) is 29.2 Å². The number of benzene rings is 1. The van der Waals surface area contributed by atoms with E-state index in [1.807, 2.05) is 24.1 Å². The number of carbonyl (C=O) groups excluding carboxylic acids is 1. The molecular weight excluding hydrogens is 458 g/mol. The second-order valence-corrected chi connectivity index (χ2v) is 8.05. The average molecular weight is 484 g/mol. The van der Waals surface area contributed by atoms with Gasteiger partial charge in [-0.2, -0.15) is 0 Å². The summed E-state index contributed by atoms with van der Waals surface area (Å²) in [7, 11) is 1.86. The van der Waals surface area contributed by atoms with Crippen LogP contribution in [0.15, 0.2) is 94.6 Å². The molecule has 1 aliphatic heterocycles. The van der Waals surface area contributed by atoms with Gasteiger partial charge in [0, 0.05) is 36.6 Å². The van der Waals surface area contributed by atoms with Crippen LogP contribution in [0.3, 0.4) is 0 Å². The quantitative estimate of drug-likeness (QED) is 0.243. The Morgan fingerprint density at radius 1 is 1.19 bits per heavy atom. The third-order valence-electron chi connectivity index (χ3n) is 5.58. The summed E-state index contributed by atoms with van der Waals surface area (Å²) >= 11 is 0. The first-order chi connectivity index (χ1) is 17.3. The van der Waals surface area contributed by atoms with Crippen molar-refractivity contribution in [3.05, 3.63) is 95.2 Å². The van der Waals surface area contributed by atoms with E-state index in [-0.39, 0.29) is 24.7 Å². The highest BCUT2D eigenvalue weighted by molar-refractivity contribution is 6.08. The van der Waals surface area contributed by atoms with Crippen molar-refractivity contribution < 1.29 is 14.7 Å². The summed E-state index contributed by atoms with van der Waals surface area (Å²) < 4.78 is 0. The Morgan fingerprint density at radius 2 is 1.97 bits per heavy atom. The fraction of sp³-hybridized carbons (Fsp3) is 0.154. The minimum absolute atomic E-state index is 0.00869. The van der Waals surface area contributed by atoms with E-state index in [0.717, 1.165) is 17.2 Å². The number of allylic oxidation sites excluding steroid dienone is 1. The SMILES string of the molecule is CN1C2=C=C(C=C(C(=O)N(CCC(=O)O)c3ccccn3)C=C2)N=C1CNc1ccc(C(=N)N)cc1. The number of carboxylic acids is 1. The smallest absolute Gasteiger partial charge is 0.305 e. The molecule has 4 rings (SSSR count). The number of aliphatic carboxylic acids is 1. The zero-order chi connectivity index (χ0) is 25.7. The van der Waals surface area contributed by atoms with Crippen LogP contribution in [-0.4, -0.2) is 58.7 Å². The highest BCUT2D eigenvalue weighted by Crippen LogP contribution is 2.23. The summed E-state index contributed by atoms with van der Waals surface area (Å²) in [4.78, 5) is 36.7. The van der Waals surface area contributed by atoms with E-state index >= 15 is 0 Å². The van der Waals surface area contributed by atoms with Crippen LogP contribution in [0, 0.1) is 5.41 Å². The molecule has 0 atom stereocenters. The largest absolute Gasteiger partial charge is 0.481 e. The molecule has 0 radical (unpaired) electrons. The maximum atomic E-state index is 13.4. The molecule has 182 valence electrons. The molecule has 5 N–H and O–H groups in total. The number of amidine groups is 2. The number of likely N-dealkylation sites (N-methyl/N-ethyl adjacent to an activating group) is 1. The maximum absolute atomic E-state index is 13.4. The van der Waals surface area contributed by atoms with E-state index in [4.69, 9.17) is 16.2 Å². The van der Waals surface area contributed by atoms with Gasteiger partial charge in [-0.15, -0.1) is 0 Å². The van der Waals surface area contributed by atoms with Gasteiger partial charge in [0.2, 0.25) is 0 Å². The molecule has 0 unspecified atom stereocenters. The van der Waals surface area contributed by atoms with E-state index < -0.39 is 5.97 Å². The van der Waals surface area contributed by atoms with Crippen molar-refractivity contribution in [3.63, 3.8) is 0 Å². The topological polar surface area (TPSA) is 148 Å². The van der Waals surface area contributed by atoms with Crippen molar-refractivity contribution in [1.82, 2.24) is 9.88 Å². The molecule has 2 bridgehead atoms. The molecule has 1 aromatic carbocycles. The molecule has 10 heteroatoms. The van der Waals surface area contributed by atoms with Gasteiger partial charge in [-0.3, -0.25) is 19.9 Å². The Balaban J connectivity index is 1.53. The number of carboxylic acid groups (broad SMARTS) is 1. The molecule has 0 fully saturated rings. The van der Waals surface area contributed by atoms with Gasteiger partial charge in [0.15, 0.2) is 0 Å². The van der Waals surface area contributed by atoms with Crippen LogP contribution in [0.2, 0.25) is 0 Å². The zero-order valence-electron chi connectivity index (χ0n) is 19.6. The fourth-order valence-corrected chi connectivity index (χ4v) is 3.62. The lowest BCUT2D eigenvalue weighted by Gasteiger charge is -2.24. The molecule has 2 heterocycles. The van der Waals surface area contributed by atoms with Gasteiger partial charge in [-0.25, -0.2) is 9.98 Å². The number of rotatable bonds is 9. The first-order valence-electron chi connectivity index (χ1n) is 11.2. The van der Waals surface area contributed by atoms with Crippen LogP contribution in [0.4, 0.5) is 11.5 Å². The van der Waals surface area contributed by atoms with Gasteiger partial charge >= 0.3 is 5.97 Å². The number of nitrogens with zero attached hydrogens (tertiary/aromatic N) is 4. The molecule has 2 aliphatic rings. The molecule has 1 aliphatic carbocycles. The number of carbonyl (C=O) groups is 2. The lowest BCUT2D eigenvalue weighted by atomic mass is 10.1. The highest BCUT2D eigenvalue weighted by Gasteiger charge is 2.23. The number of hydrogen-bond donors (Lipinski definition) is 4. The monoisotopic (exact) mass is 483 g/mol. The van der Waals surface area contributed by atoms with Crippen molar-refractivity contribution in [1.29, 1.82) is 5.41 Å². The van der Waals surface area contributed by atoms with Gasteiger partial charge in [0.25, 0.3) is 5.91 Å². The highest BCUT2D eigenvalue weighted by atomic mass is 16.4. The zero-order valence-corrected chi connectivity index (χ0v) is 19.6. The summed E-state index contributed by atoms with van der Waals surface area (Å²) in [6.07, 6.45) is 6.43. The van der Waals surface area contributed by atoms with Crippen molar-refractivity contribution in [2.24, 2.45) is 10.7 Å². The van der Waals surface area contributed by atoms with Gasteiger partial charge in [-0.05, 0) is 54.6 Å². The maximum Gasteiger partial charge on any atom is 0.305 e. The van der Waals surface area contributed by atoms with E-state index in [9.17, 15) is 9.59 Å². The predicted molar refractivity (Wildman–Crippen MR) is 138 cm³/mol. The van der Waals surface area contributed by atoms with Crippen molar-refractivity contribution >= 4 is 35.1 Å². The lowest BCUT2D eigenvalue weighted by molar-refractivity contribution is -0.136. The Hall–Kier alpha value is -4.95. The third-order valence-corrected chi connectivity index (χ3v) is 5.58. The van der Waals surface area contributed by atoms with E-state index in [1.165, 1.54) is 4.90 Å². The number of pyridine rings is 1. The van der Waals surface area contributed by atoms with Crippen LogP contribution in [0.1, 0.15) is 12.0 Å². The van der Waals surface area contributed by atoms with Gasteiger partial charge in [0.1, 0.15) is 23.2 Å². The lowest BCUT2D eigenvalue weighted by Crippen LogP contribution is -2.34. The Labute approximate surface area is 208 Å². The summed E-state index contributed by atoms with van der Waals surface area (Å²) in [5.74, 6) is -0.282. The van der Waals surface area contributed by atoms with Gasteiger partial charge in [0.05, 0.1) is 18.7 Å². The van der Waals surface area contributed by atoms with Gasteiger partial charge < -0.3 is 21.1 Å². The van der Waals surface area contributed by atoms with Crippen LogP contribution < -0.4 is 16.0 Å². The molecule has 36 heavy (non-hydrogen) atoms. The predicted octanol–water partition coefficient (Wildman–Crippen LogP) is 2.49. The Kier molecular flexibility index (Phi) is 7.08. The molecule has 1 amide bonds. The molecule has 10 nitrogen and oxygen atoms in total. The number of nitrogens with two attached hydrogens (primary N) is 1. The van der Waals surface area contributed by atoms with Crippen LogP contribution in [0.5, 0.6) is 0 Å². The van der Waals surface area contributed by atoms with Crippen LogP contribution in [0.25, 0.3) is 0 Å². The van der Waals surface area contributed by atoms with Crippen molar-refractivity contribution in [2.75, 3.05) is 30.4 Å². The first-order valence-corrected chi connectivity index (χ1v) is 11.2. The normalized spacial score (nSPS) is 14.1.